The molecule has 0 bridgehead atoms. The van der Waals surface area contributed by atoms with Crippen molar-refractivity contribution >= 4 is 37.8 Å². The number of hydrogen-bond donors (Lipinski definition) is 1. The summed E-state index contributed by atoms with van der Waals surface area (Å²) >= 11 is 6.33. The van der Waals surface area contributed by atoms with Crippen molar-refractivity contribution in [3.05, 3.63) is 22.7 Å². The van der Waals surface area contributed by atoms with Crippen molar-refractivity contribution in [1.82, 2.24) is 0 Å². The highest BCUT2D eigenvalue weighted by Crippen LogP contribution is 2.35. The molecule has 0 saturated carbocycles. The second-order valence-electron chi connectivity index (χ2n) is 2.59. The van der Waals surface area contributed by atoms with E-state index in [0.717, 1.165) is 0 Å². The first-order chi connectivity index (χ1) is 5.97. The number of halogens is 2. The van der Waals surface area contributed by atoms with E-state index < -0.39 is 16.6 Å². The maximum atomic E-state index is 10.7. The van der Waals surface area contributed by atoms with Crippen LogP contribution < -0.4 is 0 Å². The van der Waals surface area contributed by atoms with Crippen molar-refractivity contribution < 1.29 is 14.6 Å². The molecule has 1 rings (SSSR count). The lowest BCUT2D eigenvalue weighted by Gasteiger charge is -2.31. The zero-order chi connectivity index (χ0) is 10.1. The highest BCUT2D eigenvalue weighted by Gasteiger charge is 2.41. The molecule has 1 aliphatic carbocycles. The monoisotopic (exact) mass is 310 g/mol. The van der Waals surface area contributed by atoms with E-state index in [1.54, 1.807) is 18.2 Å². The van der Waals surface area contributed by atoms with Crippen molar-refractivity contribution in [3.63, 3.8) is 0 Å². The molecule has 0 heterocycles. The summed E-state index contributed by atoms with van der Waals surface area (Å²) in [7, 11) is 0. The van der Waals surface area contributed by atoms with Gasteiger partial charge < -0.3 is 9.84 Å². The molecular weight excluding hydrogens is 304 g/mol. The van der Waals surface area contributed by atoms with E-state index in [-0.39, 0.29) is 0 Å². The van der Waals surface area contributed by atoms with E-state index in [0.29, 0.717) is 4.48 Å². The average Bonchev–Trinajstić information content (AvgIpc) is 1.99. The largest absolute Gasteiger partial charge is 0.427 e. The normalized spacial score (nSPS) is 32.6. The van der Waals surface area contributed by atoms with Gasteiger partial charge in [-0.2, -0.15) is 0 Å². The van der Waals surface area contributed by atoms with Crippen LogP contribution in [0.25, 0.3) is 0 Å². The molecule has 1 N–H and O–H groups in total. The maximum absolute atomic E-state index is 10.7. The minimum Gasteiger partial charge on any atom is -0.427 e. The highest BCUT2D eigenvalue weighted by atomic mass is 79.9. The molecule has 13 heavy (non-hydrogen) atoms. The van der Waals surface area contributed by atoms with Gasteiger partial charge in [0.2, 0.25) is 0 Å². The number of alkyl halides is 1. The lowest BCUT2D eigenvalue weighted by atomic mass is 10.1. The fraction of sp³-hybridized carbons (Fsp3) is 0.375. The predicted octanol–water partition coefficient (Wildman–Crippen LogP) is 1.85. The molecule has 0 spiro atoms. The van der Waals surface area contributed by atoms with E-state index in [2.05, 4.69) is 31.9 Å². The van der Waals surface area contributed by atoms with Crippen LogP contribution in [0.3, 0.4) is 0 Å². The van der Waals surface area contributed by atoms with Crippen molar-refractivity contribution in [2.45, 2.75) is 17.5 Å². The minimum absolute atomic E-state index is 0.416. The van der Waals surface area contributed by atoms with Gasteiger partial charge >= 0.3 is 5.97 Å². The van der Waals surface area contributed by atoms with Gasteiger partial charge in [0, 0.05) is 6.92 Å². The van der Waals surface area contributed by atoms with Gasteiger partial charge in [-0.05, 0) is 22.0 Å². The lowest BCUT2D eigenvalue weighted by molar-refractivity contribution is -0.185. The zero-order valence-corrected chi connectivity index (χ0v) is 10.0. The van der Waals surface area contributed by atoms with Crippen molar-refractivity contribution in [2.75, 3.05) is 0 Å². The Hall–Kier alpha value is -0.130. The first-order valence-corrected chi connectivity index (χ1v) is 5.28. The van der Waals surface area contributed by atoms with Crippen LogP contribution in [0.2, 0.25) is 0 Å². The van der Waals surface area contributed by atoms with E-state index in [1.165, 1.54) is 6.92 Å². The van der Waals surface area contributed by atoms with Crippen LogP contribution in [0.1, 0.15) is 6.92 Å². The topological polar surface area (TPSA) is 46.5 Å². The van der Waals surface area contributed by atoms with E-state index in [4.69, 9.17) is 4.74 Å². The summed E-state index contributed by atoms with van der Waals surface area (Å²) in [4.78, 5) is 10.3. The highest BCUT2D eigenvalue weighted by molar-refractivity contribution is 9.12. The molecule has 0 unspecified atom stereocenters. The van der Waals surface area contributed by atoms with Gasteiger partial charge in [0.25, 0.3) is 5.79 Å². The minimum atomic E-state index is -1.62. The quantitative estimate of drug-likeness (QED) is 0.457. The molecule has 0 aromatic rings. The second kappa shape index (κ2) is 3.94. The Kier molecular flexibility index (Phi) is 3.32. The molecule has 1 aliphatic rings. The summed E-state index contributed by atoms with van der Waals surface area (Å²) < 4.78 is 5.22. The Morgan fingerprint density at radius 1 is 1.77 bits per heavy atom. The van der Waals surface area contributed by atoms with Crippen LogP contribution in [0.15, 0.2) is 22.7 Å². The number of aliphatic hydroxyl groups is 1. The van der Waals surface area contributed by atoms with Crippen molar-refractivity contribution in [2.24, 2.45) is 0 Å². The molecule has 0 aromatic heterocycles. The number of carbonyl (C=O) groups is 1. The molecule has 3 nitrogen and oxygen atoms in total. The molecule has 0 fully saturated rings. The van der Waals surface area contributed by atoms with Crippen molar-refractivity contribution in [1.29, 1.82) is 0 Å². The fourth-order valence-corrected chi connectivity index (χ4v) is 2.25. The van der Waals surface area contributed by atoms with Gasteiger partial charge in [0.1, 0.15) is 4.83 Å². The standard InChI is InChI=1S/C8H8Br2O3/c1-5(11)13-8(12)6(9)3-2-4-7(8)10/h2-4,6,12H,1H3/t6-,8+/m1/s1. The molecular formula is C8H8Br2O3. The van der Waals surface area contributed by atoms with Gasteiger partial charge in [-0.1, -0.05) is 28.1 Å². The van der Waals surface area contributed by atoms with Gasteiger partial charge in [-0.3, -0.25) is 4.79 Å². The first kappa shape index (κ1) is 10.9. The summed E-state index contributed by atoms with van der Waals surface area (Å²) in [5.74, 6) is -2.16. The number of rotatable bonds is 1. The SMILES string of the molecule is CC(=O)O[C@]1(O)C(Br)=CC=C[C@H]1Br. The molecule has 5 heteroatoms. The Balaban J connectivity index is 2.92. The molecule has 0 radical (unpaired) electrons. The van der Waals surface area contributed by atoms with E-state index >= 15 is 0 Å². The van der Waals surface area contributed by atoms with Crippen LogP contribution in [0.4, 0.5) is 0 Å². The number of carbonyl (C=O) groups excluding carboxylic acids is 1. The second-order valence-corrected chi connectivity index (χ2v) is 4.43. The summed E-state index contributed by atoms with van der Waals surface area (Å²) in [6, 6.07) is 0. The number of esters is 1. The average molecular weight is 312 g/mol. The number of hydrogen-bond acceptors (Lipinski definition) is 3. The smallest absolute Gasteiger partial charge is 0.305 e. The molecule has 0 aliphatic heterocycles. The van der Waals surface area contributed by atoms with Crippen LogP contribution in [-0.2, 0) is 9.53 Å². The Morgan fingerprint density at radius 2 is 2.38 bits per heavy atom. The summed E-state index contributed by atoms with van der Waals surface area (Å²) in [5.41, 5.74) is 0. The Bertz CT molecular complexity index is 285. The van der Waals surface area contributed by atoms with E-state index in [1.807, 2.05) is 0 Å². The molecule has 72 valence electrons. The van der Waals surface area contributed by atoms with Crippen LogP contribution in [-0.4, -0.2) is 21.7 Å². The van der Waals surface area contributed by atoms with Crippen molar-refractivity contribution in [3.8, 4) is 0 Å². The molecule has 0 amide bonds. The van der Waals surface area contributed by atoms with Gasteiger partial charge in [0.05, 0.1) is 4.48 Å². The third-order valence-corrected chi connectivity index (χ3v) is 3.30. The Labute approximate surface area is 92.7 Å². The molecule has 2 atom stereocenters. The maximum Gasteiger partial charge on any atom is 0.305 e. The summed E-state index contributed by atoms with van der Waals surface area (Å²) in [6.45, 7) is 1.25. The number of allylic oxidation sites excluding steroid dienone is 2. The molecule has 0 aromatic carbocycles. The van der Waals surface area contributed by atoms with Crippen LogP contribution >= 0.6 is 31.9 Å². The van der Waals surface area contributed by atoms with Crippen LogP contribution in [0.5, 0.6) is 0 Å². The van der Waals surface area contributed by atoms with Gasteiger partial charge in [0.15, 0.2) is 0 Å². The predicted molar refractivity (Wildman–Crippen MR) is 55.6 cm³/mol. The first-order valence-electron chi connectivity index (χ1n) is 3.57. The zero-order valence-electron chi connectivity index (χ0n) is 6.83. The Morgan fingerprint density at radius 3 is 2.85 bits per heavy atom. The fourth-order valence-electron chi connectivity index (χ4n) is 0.943. The van der Waals surface area contributed by atoms with E-state index in [9.17, 15) is 9.90 Å². The van der Waals surface area contributed by atoms with Gasteiger partial charge in [-0.15, -0.1) is 0 Å². The summed E-state index contributed by atoms with van der Waals surface area (Å²) in [5, 5.41) is 9.92. The lowest BCUT2D eigenvalue weighted by Crippen LogP contribution is -2.43. The third-order valence-electron chi connectivity index (χ3n) is 1.54. The number of ether oxygens (including phenoxy) is 1. The third kappa shape index (κ3) is 2.21. The molecule has 0 saturated heterocycles. The van der Waals surface area contributed by atoms with Crippen LogP contribution in [0, 0.1) is 0 Å². The van der Waals surface area contributed by atoms with Gasteiger partial charge in [-0.25, -0.2) is 0 Å². The summed E-state index contributed by atoms with van der Waals surface area (Å²) in [6.07, 6.45) is 5.07.